The lowest BCUT2D eigenvalue weighted by atomic mass is 10.4. The molecule has 0 unspecified atom stereocenters. The third kappa shape index (κ3) is 4.39. The maximum atomic E-state index is 11.5. The second kappa shape index (κ2) is 5.95. The summed E-state index contributed by atoms with van der Waals surface area (Å²) in [5.74, 6) is 0. The topological polar surface area (TPSA) is 46.6 Å². The maximum Gasteiger partial charge on any atom is 0.224 e. The van der Waals surface area contributed by atoms with Crippen LogP contribution in [0.1, 0.15) is 13.8 Å². The summed E-state index contributed by atoms with van der Waals surface area (Å²) < 4.78 is 29.2. The van der Waals surface area contributed by atoms with Crippen LogP contribution in [0.5, 0.6) is 0 Å². The van der Waals surface area contributed by atoms with Gasteiger partial charge in [0.15, 0.2) is 0 Å². The number of alkyl halides is 1. The van der Waals surface area contributed by atoms with Crippen molar-refractivity contribution >= 4 is 26.0 Å². The van der Waals surface area contributed by atoms with Crippen molar-refractivity contribution in [1.82, 2.24) is 4.31 Å². The van der Waals surface area contributed by atoms with Crippen molar-refractivity contribution in [2.45, 2.75) is 19.9 Å². The van der Waals surface area contributed by atoms with Crippen LogP contribution < -0.4 is 0 Å². The molecule has 0 aliphatic heterocycles. The summed E-state index contributed by atoms with van der Waals surface area (Å²) in [6, 6.07) is -0.0299. The average molecular weight is 274 g/mol. The Kier molecular flexibility index (Phi) is 6.11. The zero-order chi connectivity index (χ0) is 10.5. The Labute approximate surface area is 88.4 Å². The fraction of sp³-hybridized carbons (Fsp3) is 1.00. The van der Waals surface area contributed by atoms with Crippen molar-refractivity contribution in [2.24, 2.45) is 0 Å². The Morgan fingerprint density at radius 2 is 2.00 bits per heavy atom. The van der Waals surface area contributed by atoms with Crippen molar-refractivity contribution < 1.29 is 13.2 Å². The van der Waals surface area contributed by atoms with Gasteiger partial charge in [-0.25, -0.2) is 8.42 Å². The van der Waals surface area contributed by atoms with Crippen molar-refractivity contribution in [1.29, 1.82) is 0 Å². The first-order valence-electron chi connectivity index (χ1n) is 4.00. The van der Waals surface area contributed by atoms with Crippen molar-refractivity contribution in [3.8, 4) is 0 Å². The molecule has 0 spiro atoms. The van der Waals surface area contributed by atoms with E-state index in [4.69, 9.17) is 4.74 Å². The van der Waals surface area contributed by atoms with E-state index in [0.717, 1.165) is 0 Å². The highest BCUT2D eigenvalue weighted by Gasteiger charge is 2.22. The average Bonchev–Trinajstić information content (AvgIpc) is 2.04. The monoisotopic (exact) mass is 273 g/mol. The lowest BCUT2D eigenvalue weighted by Crippen LogP contribution is -2.39. The fourth-order valence-corrected chi connectivity index (χ4v) is 2.87. The molecular formula is C7H16BrNO3S. The molecule has 0 fully saturated rings. The first-order valence-corrected chi connectivity index (χ1v) is 6.73. The molecule has 6 heteroatoms. The SMILES string of the molecule is COCCN(C(C)C)S(=O)(=O)CBr. The number of methoxy groups -OCH3 is 1. The predicted molar refractivity (Wildman–Crippen MR) is 56.4 cm³/mol. The van der Waals surface area contributed by atoms with Gasteiger partial charge >= 0.3 is 0 Å². The minimum Gasteiger partial charge on any atom is -0.383 e. The summed E-state index contributed by atoms with van der Waals surface area (Å²) in [7, 11) is -1.61. The molecule has 13 heavy (non-hydrogen) atoms. The molecule has 0 heterocycles. The second-order valence-corrected chi connectivity index (χ2v) is 6.14. The van der Waals surface area contributed by atoms with E-state index in [9.17, 15) is 8.42 Å². The second-order valence-electron chi connectivity index (χ2n) is 2.92. The molecule has 0 aliphatic rings. The lowest BCUT2D eigenvalue weighted by molar-refractivity contribution is 0.171. The molecule has 0 rings (SSSR count). The Balaban J connectivity index is 4.43. The van der Waals surface area contributed by atoms with Gasteiger partial charge in [0, 0.05) is 19.7 Å². The predicted octanol–water partition coefficient (Wildman–Crippen LogP) is 1.03. The standard InChI is InChI=1S/C7H16BrNO3S/c1-7(2)9(4-5-12-3)13(10,11)6-8/h7H,4-6H2,1-3H3. The largest absolute Gasteiger partial charge is 0.383 e. The van der Waals surface area contributed by atoms with E-state index in [1.54, 1.807) is 7.11 Å². The molecule has 4 nitrogen and oxygen atoms in total. The van der Waals surface area contributed by atoms with Crippen LogP contribution in [0.4, 0.5) is 0 Å². The number of hydrogen-bond acceptors (Lipinski definition) is 3. The fourth-order valence-electron chi connectivity index (χ4n) is 0.962. The van der Waals surface area contributed by atoms with E-state index in [0.29, 0.717) is 13.2 Å². The summed E-state index contributed by atoms with van der Waals surface area (Å²) in [6.45, 7) is 4.51. The van der Waals surface area contributed by atoms with Crippen LogP contribution >= 0.6 is 15.9 Å². The van der Waals surface area contributed by atoms with Gasteiger partial charge in [-0.3, -0.25) is 0 Å². The first-order chi connectivity index (χ1) is 5.95. The zero-order valence-corrected chi connectivity index (χ0v) is 10.6. The Morgan fingerprint density at radius 1 is 1.46 bits per heavy atom. The number of nitrogens with zero attached hydrogens (tertiary/aromatic N) is 1. The summed E-state index contributed by atoms with van der Waals surface area (Å²) >= 11 is 2.96. The smallest absolute Gasteiger partial charge is 0.224 e. The third-order valence-electron chi connectivity index (χ3n) is 1.59. The van der Waals surface area contributed by atoms with Crippen LogP contribution in [0, 0.1) is 0 Å². The molecule has 0 aromatic carbocycles. The highest BCUT2D eigenvalue weighted by atomic mass is 79.9. The van der Waals surface area contributed by atoms with Gasteiger partial charge in [-0.05, 0) is 13.8 Å². The highest BCUT2D eigenvalue weighted by Crippen LogP contribution is 2.09. The molecule has 0 aromatic heterocycles. The van der Waals surface area contributed by atoms with Crippen LogP contribution in [0.2, 0.25) is 0 Å². The van der Waals surface area contributed by atoms with Gasteiger partial charge in [0.25, 0.3) is 0 Å². The number of rotatable bonds is 6. The molecule has 0 N–H and O–H groups in total. The number of halogens is 1. The number of hydrogen-bond donors (Lipinski definition) is 0. The minimum absolute atomic E-state index is 0.0299. The molecule has 0 atom stereocenters. The van der Waals surface area contributed by atoms with E-state index in [1.165, 1.54) is 4.31 Å². The molecule has 0 radical (unpaired) electrons. The third-order valence-corrected chi connectivity index (χ3v) is 4.92. The highest BCUT2D eigenvalue weighted by molar-refractivity contribution is 9.10. The van der Waals surface area contributed by atoms with Gasteiger partial charge in [-0.15, -0.1) is 0 Å². The molecule has 0 saturated carbocycles. The van der Waals surface area contributed by atoms with Crippen LogP contribution in [-0.4, -0.2) is 43.7 Å². The van der Waals surface area contributed by atoms with Crippen molar-refractivity contribution in [2.75, 3.05) is 24.9 Å². The van der Waals surface area contributed by atoms with E-state index < -0.39 is 10.0 Å². The lowest BCUT2D eigenvalue weighted by Gasteiger charge is -2.24. The van der Waals surface area contributed by atoms with Gasteiger partial charge in [0.1, 0.15) is 4.66 Å². The molecule has 0 amide bonds. The van der Waals surface area contributed by atoms with Crippen LogP contribution in [0.25, 0.3) is 0 Å². The molecule has 0 saturated heterocycles. The molecule has 0 bridgehead atoms. The van der Waals surface area contributed by atoms with E-state index in [-0.39, 0.29) is 10.7 Å². The molecule has 0 aromatic rings. The van der Waals surface area contributed by atoms with Gasteiger partial charge in [-0.1, -0.05) is 15.9 Å². The van der Waals surface area contributed by atoms with Crippen LogP contribution in [0.3, 0.4) is 0 Å². The van der Waals surface area contributed by atoms with Gasteiger partial charge in [-0.2, -0.15) is 4.31 Å². The molecule has 80 valence electrons. The quantitative estimate of drug-likeness (QED) is 0.679. The van der Waals surface area contributed by atoms with Crippen LogP contribution in [-0.2, 0) is 14.8 Å². The minimum atomic E-state index is -3.16. The van der Waals surface area contributed by atoms with E-state index in [2.05, 4.69) is 15.9 Å². The number of sulfonamides is 1. The Hall–Kier alpha value is 0.350. The summed E-state index contributed by atoms with van der Waals surface area (Å²) in [6.07, 6.45) is 0. The van der Waals surface area contributed by atoms with Gasteiger partial charge < -0.3 is 4.74 Å². The van der Waals surface area contributed by atoms with E-state index in [1.807, 2.05) is 13.8 Å². The molecular weight excluding hydrogens is 258 g/mol. The van der Waals surface area contributed by atoms with Crippen LogP contribution in [0.15, 0.2) is 0 Å². The first kappa shape index (κ1) is 13.4. The summed E-state index contributed by atoms with van der Waals surface area (Å²) in [4.78, 5) is 0. The normalized spacial score (nSPS) is 12.8. The number of ether oxygens (including phenoxy) is 1. The summed E-state index contributed by atoms with van der Waals surface area (Å²) in [5, 5.41) is 0. The summed E-state index contributed by atoms with van der Waals surface area (Å²) in [5.41, 5.74) is 0. The van der Waals surface area contributed by atoms with Gasteiger partial charge in [0.2, 0.25) is 10.0 Å². The van der Waals surface area contributed by atoms with Crippen molar-refractivity contribution in [3.63, 3.8) is 0 Å². The van der Waals surface area contributed by atoms with Crippen molar-refractivity contribution in [3.05, 3.63) is 0 Å². The maximum absolute atomic E-state index is 11.5. The Bertz CT molecular complexity index is 228. The zero-order valence-electron chi connectivity index (χ0n) is 8.16. The van der Waals surface area contributed by atoms with E-state index >= 15 is 0 Å². The Morgan fingerprint density at radius 3 is 2.31 bits per heavy atom. The molecule has 0 aliphatic carbocycles. The van der Waals surface area contributed by atoms with Gasteiger partial charge in [0.05, 0.1) is 6.61 Å².